The van der Waals surface area contributed by atoms with Crippen molar-refractivity contribution in [2.24, 2.45) is 0 Å². The lowest BCUT2D eigenvalue weighted by molar-refractivity contribution is 0.299. The van der Waals surface area contributed by atoms with Gasteiger partial charge in [0.15, 0.2) is 0 Å². The summed E-state index contributed by atoms with van der Waals surface area (Å²) in [5.74, 6) is 0. The van der Waals surface area contributed by atoms with Crippen LogP contribution in [0.2, 0.25) is 0 Å². The minimum atomic E-state index is 0.226. The Balaban J connectivity index is 3.67. The van der Waals surface area contributed by atoms with E-state index in [0.717, 1.165) is 6.42 Å². The average Bonchev–Trinajstić information content (AvgIpc) is 1.89. The molecule has 1 nitrogen and oxygen atoms in total. The molecule has 0 aromatic heterocycles. The van der Waals surface area contributed by atoms with E-state index in [1.54, 1.807) is 6.08 Å². The molecule has 0 rings (SSSR count). The molecule has 0 unspecified atom stereocenters. The Morgan fingerprint density at radius 3 is 2.70 bits per heavy atom. The maximum absolute atomic E-state index is 8.51. The molecule has 0 heterocycles. The van der Waals surface area contributed by atoms with Gasteiger partial charge in [-0.25, -0.2) is 0 Å². The Hall–Kier alpha value is -0.820. The van der Waals surface area contributed by atoms with E-state index in [1.165, 1.54) is 5.57 Å². The van der Waals surface area contributed by atoms with Crippen LogP contribution in [0.3, 0.4) is 0 Å². The summed E-state index contributed by atoms with van der Waals surface area (Å²) in [4.78, 5) is 0. The van der Waals surface area contributed by atoms with E-state index in [1.807, 2.05) is 25.2 Å². The molecule has 0 spiro atoms. The van der Waals surface area contributed by atoms with Crippen LogP contribution in [0.4, 0.5) is 0 Å². The normalized spacial score (nSPS) is 12.4. The van der Waals surface area contributed by atoms with E-state index < -0.39 is 0 Å². The van der Waals surface area contributed by atoms with Gasteiger partial charge < -0.3 is 5.11 Å². The zero-order chi connectivity index (χ0) is 7.82. The fraction of sp³-hybridized carbons (Fsp3) is 0.333. The number of aliphatic hydroxyl groups excluding tert-OH is 1. The summed E-state index contributed by atoms with van der Waals surface area (Å²) in [6.45, 7) is 5.75. The largest absolute Gasteiger partial charge is 0.396 e. The molecule has 0 aliphatic rings. The standard InChI is InChI=1S/C9H14O/c1-3-4-5-6-9(2)7-8-10/h3-6,10H,1,7-8H2,2H3/b5-4-,9-6+. The highest BCUT2D eigenvalue weighted by Gasteiger charge is 1.82. The molecule has 0 fully saturated rings. The molecule has 0 aromatic rings. The SMILES string of the molecule is C=C/C=C\C=C(/C)CCO. The van der Waals surface area contributed by atoms with E-state index >= 15 is 0 Å². The van der Waals surface area contributed by atoms with Gasteiger partial charge in [0.2, 0.25) is 0 Å². The van der Waals surface area contributed by atoms with Crippen LogP contribution in [0.15, 0.2) is 36.5 Å². The van der Waals surface area contributed by atoms with E-state index in [-0.39, 0.29) is 6.61 Å². The minimum absolute atomic E-state index is 0.226. The van der Waals surface area contributed by atoms with Crippen LogP contribution in [0.1, 0.15) is 13.3 Å². The number of allylic oxidation sites excluding steroid dienone is 4. The second-order valence-electron chi connectivity index (χ2n) is 2.11. The van der Waals surface area contributed by atoms with Crippen molar-refractivity contribution in [1.82, 2.24) is 0 Å². The highest BCUT2D eigenvalue weighted by Crippen LogP contribution is 1.97. The second-order valence-corrected chi connectivity index (χ2v) is 2.11. The van der Waals surface area contributed by atoms with Crippen LogP contribution in [0.25, 0.3) is 0 Å². The minimum Gasteiger partial charge on any atom is -0.396 e. The van der Waals surface area contributed by atoms with Gasteiger partial charge in [0.25, 0.3) is 0 Å². The number of hydrogen-bond donors (Lipinski definition) is 1. The fourth-order valence-corrected chi connectivity index (χ4v) is 0.558. The van der Waals surface area contributed by atoms with Gasteiger partial charge in [0.05, 0.1) is 0 Å². The molecule has 0 aromatic carbocycles. The third-order valence-electron chi connectivity index (χ3n) is 1.13. The topological polar surface area (TPSA) is 20.2 Å². The zero-order valence-electron chi connectivity index (χ0n) is 6.38. The van der Waals surface area contributed by atoms with Gasteiger partial charge in [-0.1, -0.05) is 36.5 Å². The number of aliphatic hydroxyl groups is 1. The van der Waals surface area contributed by atoms with Crippen LogP contribution >= 0.6 is 0 Å². The van der Waals surface area contributed by atoms with Crippen LogP contribution in [0, 0.1) is 0 Å². The molecule has 1 heteroatoms. The Morgan fingerprint density at radius 2 is 2.20 bits per heavy atom. The third kappa shape index (κ3) is 5.32. The first-order valence-corrected chi connectivity index (χ1v) is 3.37. The molecule has 0 atom stereocenters. The summed E-state index contributed by atoms with van der Waals surface area (Å²) < 4.78 is 0. The van der Waals surface area contributed by atoms with Gasteiger partial charge in [-0.2, -0.15) is 0 Å². The fourth-order valence-electron chi connectivity index (χ4n) is 0.558. The van der Waals surface area contributed by atoms with Crippen molar-refractivity contribution < 1.29 is 5.11 Å². The lowest BCUT2D eigenvalue weighted by Gasteiger charge is -1.91. The van der Waals surface area contributed by atoms with Crippen molar-refractivity contribution in [3.05, 3.63) is 36.5 Å². The van der Waals surface area contributed by atoms with Crippen molar-refractivity contribution in [3.8, 4) is 0 Å². The number of rotatable bonds is 4. The molecular weight excluding hydrogens is 124 g/mol. The molecular formula is C9H14O. The molecule has 0 aliphatic heterocycles. The van der Waals surface area contributed by atoms with Gasteiger partial charge >= 0.3 is 0 Å². The summed E-state index contributed by atoms with van der Waals surface area (Å²) in [5.41, 5.74) is 1.18. The summed E-state index contributed by atoms with van der Waals surface area (Å²) in [5, 5.41) is 8.51. The summed E-state index contributed by atoms with van der Waals surface area (Å²) in [7, 11) is 0. The molecule has 10 heavy (non-hydrogen) atoms. The molecule has 1 N–H and O–H groups in total. The van der Waals surface area contributed by atoms with E-state index in [4.69, 9.17) is 5.11 Å². The lowest BCUT2D eigenvalue weighted by Crippen LogP contribution is -1.82. The highest BCUT2D eigenvalue weighted by molar-refractivity contribution is 5.13. The first-order valence-electron chi connectivity index (χ1n) is 3.37. The van der Waals surface area contributed by atoms with Gasteiger partial charge in [-0.3, -0.25) is 0 Å². The van der Waals surface area contributed by atoms with Crippen LogP contribution < -0.4 is 0 Å². The summed E-state index contributed by atoms with van der Waals surface area (Å²) in [6, 6.07) is 0. The third-order valence-corrected chi connectivity index (χ3v) is 1.13. The maximum atomic E-state index is 8.51. The Labute approximate surface area is 62.4 Å². The predicted molar refractivity (Wildman–Crippen MR) is 44.8 cm³/mol. The smallest absolute Gasteiger partial charge is 0.0468 e. The zero-order valence-corrected chi connectivity index (χ0v) is 6.38. The molecule has 0 bridgehead atoms. The van der Waals surface area contributed by atoms with Crippen molar-refractivity contribution in [1.29, 1.82) is 0 Å². The van der Waals surface area contributed by atoms with E-state index in [0.29, 0.717) is 0 Å². The van der Waals surface area contributed by atoms with Crippen molar-refractivity contribution in [3.63, 3.8) is 0 Å². The molecule has 0 saturated heterocycles. The van der Waals surface area contributed by atoms with Gasteiger partial charge in [-0.15, -0.1) is 0 Å². The monoisotopic (exact) mass is 138 g/mol. The first kappa shape index (κ1) is 9.18. The number of hydrogen-bond acceptors (Lipinski definition) is 1. The van der Waals surface area contributed by atoms with Crippen molar-refractivity contribution in [2.45, 2.75) is 13.3 Å². The summed E-state index contributed by atoms with van der Waals surface area (Å²) >= 11 is 0. The van der Waals surface area contributed by atoms with Crippen molar-refractivity contribution >= 4 is 0 Å². The molecule has 56 valence electrons. The lowest BCUT2D eigenvalue weighted by atomic mass is 10.2. The van der Waals surface area contributed by atoms with Gasteiger partial charge in [0, 0.05) is 6.61 Å². The maximum Gasteiger partial charge on any atom is 0.0468 e. The Morgan fingerprint density at radius 1 is 1.50 bits per heavy atom. The molecule has 0 aliphatic carbocycles. The Kier molecular flexibility index (Phi) is 5.79. The predicted octanol–water partition coefficient (Wildman–Crippen LogP) is 2.06. The average molecular weight is 138 g/mol. The summed E-state index contributed by atoms with van der Waals surface area (Å²) in [6.07, 6.45) is 8.22. The molecule has 0 radical (unpaired) electrons. The van der Waals surface area contributed by atoms with Crippen molar-refractivity contribution in [2.75, 3.05) is 6.61 Å². The van der Waals surface area contributed by atoms with Crippen LogP contribution in [0.5, 0.6) is 0 Å². The first-order chi connectivity index (χ1) is 4.81. The van der Waals surface area contributed by atoms with Gasteiger partial charge in [0.1, 0.15) is 0 Å². The van der Waals surface area contributed by atoms with E-state index in [9.17, 15) is 0 Å². The van der Waals surface area contributed by atoms with Gasteiger partial charge in [-0.05, 0) is 13.3 Å². The highest BCUT2D eigenvalue weighted by atomic mass is 16.2. The molecule has 0 amide bonds. The quantitative estimate of drug-likeness (QED) is 0.589. The second kappa shape index (κ2) is 6.30. The van der Waals surface area contributed by atoms with Crippen LogP contribution in [-0.2, 0) is 0 Å². The van der Waals surface area contributed by atoms with Crippen LogP contribution in [-0.4, -0.2) is 11.7 Å². The molecule has 0 saturated carbocycles. The Bertz CT molecular complexity index is 143. The van der Waals surface area contributed by atoms with E-state index in [2.05, 4.69) is 6.58 Å².